The minimum Gasteiger partial charge on any atom is -0.458 e. The Labute approximate surface area is 227 Å². The van der Waals surface area contributed by atoms with E-state index in [1.165, 1.54) is 13.8 Å². The highest BCUT2D eigenvalue weighted by molar-refractivity contribution is 5.89. The number of carbonyl (C=O) groups is 3. The average molecular weight is 534 g/mol. The van der Waals surface area contributed by atoms with Gasteiger partial charge in [0.2, 0.25) is 0 Å². The van der Waals surface area contributed by atoms with Crippen molar-refractivity contribution in [1.29, 1.82) is 0 Å². The number of benzene rings is 1. The zero-order valence-electron chi connectivity index (χ0n) is 22.6. The van der Waals surface area contributed by atoms with Crippen molar-refractivity contribution in [3.8, 4) is 0 Å². The maximum absolute atomic E-state index is 13.4. The number of fused-ring (bicyclic) bond motifs is 1. The minimum atomic E-state index is -1.25. The van der Waals surface area contributed by atoms with Crippen molar-refractivity contribution in [1.82, 2.24) is 4.90 Å². The zero-order chi connectivity index (χ0) is 27.3. The summed E-state index contributed by atoms with van der Waals surface area (Å²) in [5.41, 5.74) is -1.65. The van der Waals surface area contributed by atoms with Gasteiger partial charge in [-0.15, -0.1) is 0 Å². The van der Waals surface area contributed by atoms with Crippen LogP contribution in [0.1, 0.15) is 56.8 Å². The SMILES string of the molecule is C=C1[C@H]2C[C@@H]3[C@H]4N5C[C@]6(C)C[C@H](OC(=O)c7ccccc7)[C@@H](OC(C)=O)[C@@]47[C@@H]6[C@@H]5C[C@]3([C@@H]1OC(C)=O)[C@@]7(O)C2. The van der Waals surface area contributed by atoms with Crippen LogP contribution in [0.4, 0.5) is 0 Å². The maximum Gasteiger partial charge on any atom is 0.338 e. The number of piperidine rings is 2. The van der Waals surface area contributed by atoms with E-state index in [1.54, 1.807) is 24.3 Å². The molecule has 9 bridgehead atoms. The summed E-state index contributed by atoms with van der Waals surface area (Å²) in [5.74, 6) is -1.11. The summed E-state index contributed by atoms with van der Waals surface area (Å²) in [6.07, 6.45) is 0.611. The Morgan fingerprint density at radius 1 is 1.03 bits per heavy atom. The third kappa shape index (κ3) is 2.41. The number of carbonyl (C=O) groups excluding carboxylic acids is 3. The van der Waals surface area contributed by atoms with Gasteiger partial charge < -0.3 is 19.3 Å². The molecule has 3 aliphatic heterocycles. The molecule has 9 fully saturated rings. The van der Waals surface area contributed by atoms with Gasteiger partial charge in [-0.05, 0) is 66.6 Å². The molecule has 6 aliphatic carbocycles. The van der Waals surface area contributed by atoms with Crippen LogP contribution in [0.15, 0.2) is 42.5 Å². The van der Waals surface area contributed by atoms with Crippen molar-refractivity contribution in [3.63, 3.8) is 0 Å². The monoisotopic (exact) mass is 533 g/mol. The Kier molecular flexibility index (Phi) is 4.41. The summed E-state index contributed by atoms with van der Waals surface area (Å²) in [5, 5.41) is 13.3. The third-order valence-corrected chi connectivity index (χ3v) is 12.3. The maximum atomic E-state index is 13.4. The lowest BCUT2D eigenvalue weighted by atomic mass is 9.37. The van der Waals surface area contributed by atoms with Crippen LogP contribution < -0.4 is 0 Å². The zero-order valence-corrected chi connectivity index (χ0v) is 22.6. The molecule has 6 saturated carbocycles. The van der Waals surface area contributed by atoms with Gasteiger partial charge in [0.15, 0.2) is 0 Å². The van der Waals surface area contributed by atoms with Crippen LogP contribution in [-0.4, -0.2) is 70.5 Å². The molecular formula is C31H35NO7. The van der Waals surface area contributed by atoms with Gasteiger partial charge in [-0.2, -0.15) is 0 Å². The Morgan fingerprint density at radius 2 is 1.74 bits per heavy atom. The second-order valence-electron chi connectivity index (χ2n) is 13.7. The summed E-state index contributed by atoms with van der Waals surface area (Å²) in [6, 6.07) is 9.01. The predicted octanol–water partition coefficient (Wildman–Crippen LogP) is 2.89. The van der Waals surface area contributed by atoms with Gasteiger partial charge in [-0.3, -0.25) is 14.5 Å². The van der Waals surface area contributed by atoms with Crippen LogP contribution in [0.5, 0.6) is 0 Å². The van der Waals surface area contributed by atoms with E-state index in [-0.39, 0.29) is 41.2 Å². The molecule has 2 spiro atoms. The first-order valence-electron chi connectivity index (χ1n) is 14.3. The molecule has 1 unspecified atom stereocenters. The molecule has 10 rings (SSSR count). The van der Waals surface area contributed by atoms with Crippen LogP contribution >= 0.6 is 0 Å². The van der Waals surface area contributed by atoms with Crippen LogP contribution in [-0.2, 0) is 23.8 Å². The normalized spacial score (nSPS) is 52.6. The lowest BCUT2D eigenvalue weighted by Gasteiger charge is -2.69. The molecular weight excluding hydrogens is 498 g/mol. The van der Waals surface area contributed by atoms with E-state index < -0.39 is 46.7 Å². The fourth-order valence-electron chi connectivity index (χ4n) is 11.9. The molecule has 8 heteroatoms. The molecule has 0 radical (unpaired) electrons. The number of rotatable bonds is 4. The van der Waals surface area contributed by atoms with Gasteiger partial charge in [0.1, 0.15) is 18.3 Å². The van der Waals surface area contributed by atoms with E-state index in [9.17, 15) is 19.5 Å². The second-order valence-corrected chi connectivity index (χ2v) is 13.7. The minimum absolute atomic E-state index is 0.0137. The average Bonchev–Trinajstić information content (AvgIpc) is 3.28. The molecule has 206 valence electrons. The Morgan fingerprint density at radius 3 is 2.44 bits per heavy atom. The van der Waals surface area contributed by atoms with Crippen molar-refractivity contribution < 1.29 is 33.7 Å². The number of hydrogen-bond donors (Lipinski definition) is 1. The first-order chi connectivity index (χ1) is 18.5. The van der Waals surface area contributed by atoms with Crippen molar-refractivity contribution >= 4 is 17.9 Å². The third-order valence-electron chi connectivity index (χ3n) is 12.3. The molecule has 9 aliphatic rings. The van der Waals surface area contributed by atoms with Gasteiger partial charge in [0, 0.05) is 37.9 Å². The lowest BCUT2D eigenvalue weighted by molar-refractivity contribution is -0.305. The van der Waals surface area contributed by atoms with Crippen LogP contribution in [0.25, 0.3) is 0 Å². The topological polar surface area (TPSA) is 102 Å². The van der Waals surface area contributed by atoms with Gasteiger partial charge in [-0.1, -0.05) is 31.7 Å². The summed E-state index contributed by atoms with van der Waals surface area (Å²) in [4.78, 5) is 41.0. The van der Waals surface area contributed by atoms with Crippen molar-refractivity contribution in [2.24, 2.45) is 34.0 Å². The van der Waals surface area contributed by atoms with E-state index in [2.05, 4.69) is 18.4 Å². The van der Waals surface area contributed by atoms with Crippen molar-refractivity contribution in [2.45, 2.75) is 82.5 Å². The van der Waals surface area contributed by atoms with E-state index in [0.717, 1.165) is 25.0 Å². The highest BCUT2D eigenvalue weighted by atomic mass is 16.6. The van der Waals surface area contributed by atoms with Crippen LogP contribution in [0.2, 0.25) is 0 Å². The molecule has 13 atom stereocenters. The second kappa shape index (κ2) is 7.13. The standard InChI is InChI=1S/C31H35NO7/c1-15-19-10-20-24-31-23-21(12-29(20,30(31,36)11-19)25(15)37-16(2)33)32(24)14-28(23,4)13-22(26(31)38-17(3)34)39-27(35)18-8-6-5-7-9-18/h5-9,19-26,36H,1,10-14H2,2-4H3/t19-,20+,21-,22-,23+,24+,25+,26+,28-,29-,30-,31+/m0/s1. The van der Waals surface area contributed by atoms with Gasteiger partial charge >= 0.3 is 17.9 Å². The summed E-state index contributed by atoms with van der Waals surface area (Å²) in [7, 11) is 0. The predicted molar refractivity (Wildman–Crippen MR) is 137 cm³/mol. The largest absolute Gasteiger partial charge is 0.458 e. The highest BCUT2D eigenvalue weighted by Crippen LogP contribution is 2.88. The molecule has 39 heavy (non-hydrogen) atoms. The summed E-state index contributed by atoms with van der Waals surface area (Å²) in [6.45, 7) is 10.3. The van der Waals surface area contributed by atoms with Crippen molar-refractivity contribution in [2.75, 3.05) is 6.54 Å². The molecule has 0 aromatic heterocycles. The lowest BCUT2D eigenvalue weighted by Crippen LogP contribution is -2.78. The smallest absolute Gasteiger partial charge is 0.338 e. The van der Waals surface area contributed by atoms with E-state index in [1.807, 2.05) is 6.07 Å². The quantitative estimate of drug-likeness (QED) is 0.358. The van der Waals surface area contributed by atoms with E-state index in [0.29, 0.717) is 18.4 Å². The number of aliphatic hydroxyl groups is 1. The molecule has 0 amide bonds. The van der Waals surface area contributed by atoms with Gasteiger partial charge in [0.25, 0.3) is 0 Å². The first kappa shape index (κ1) is 24.1. The van der Waals surface area contributed by atoms with Crippen LogP contribution in [0, 0.1) is 34.0 Å². The summed E-state index contributed by atoms with van der Waals surface area (Å²) >= 11 is 0. The molecule has 1 N–H and O–H groups in total. The number of nitrogens with zero attached hydrogens (tertiary/aromatic N) is 1. The molecule has 3 saturated heterocycles. The summed E-state index contributed by atoms with van der Waals surface area (Å²) < 4.78 is 18.5. The molecule has 3 heterocycles. The van der Waals surface area contributed by atoms with Crippen LogP contribution in [0.3, 0.4) is 0 Å². The Bertz CT molecular complexity index is 1350. The Balaban J connectivity index is 1.31. The highest BCUT2D eigenvalue weighted by Gasteiger charge is 2.97. The number of esters is 3. The number of ether oxygens (including phenoxy) is 3. The number of hydrogen-bond acceptors (Lipinski definition) is 8. The molecule has 8 nitrogen and oxygen atoms in total. The van der Waals surface area contributed by atoms with E-state index in [4.69, 9.17) is 14.2 Å². The van der Waals surface area contributed by atoms with E-state index >= 15 is 0 Å². The molecule has 1 aromatic rings. The Hall–Kier alpha value is -2.71. The van der Waals surface area contributed by atoms with Crippen molar-refractivity contribution in [3.05, 3.63) is 48.0 Å². The fourth-order valence-corrected chi connectivity index (χ4v) is 11.9. The first-order valence-corrected chi connectivity index (χ1v) is 14.3. The molecule has 1 aromatic carbocycles. The van der Waals surface area contributed by atoms with Gasteiger partial charge in [-0.25, -0.2) is 4.79 Å². The fraction of sp³-hybridized carbons (Fsp3) is 0.645. The van der Waals surface area contributed by atoms with Gasteiger partial charge in [0.05, 0.1) is 16.6 Å².